The minimum atomic E-state index is -1.75. The number of aromatic hydroxyl groups is 1. The van der Waals surface area contributed by atoms with Gasteiger partial charge in [-0.25, -0.2) is 0 Å². The highest BCUT2D eigenvalue weighted by Gasteiger charge is 2.55. The zero-order chi connectivity index (χ0) is 31.5. The number of rotatable bonds is 10. The molecule has 1 heterocycles. The summed E-state index contributed by atoms with van der Waals surface area (Å²) < 4.78 is 0. The predicted molar refractivity (Wildman–Crippen MR) is 170 cm³/mol. The van der Waals surface area contributed by atoms with E-state index in [-0.39, 0.29) is 22.8 Å². The number of carbonyl (C=O) groups is 2. The third kappa shape index (κ3) is 6.28. The van der Waals surface area contributed by atoms with Gasteiger partial charge in [0.1, 0.15) is 5.75 Å². The number of phenolic OH excluding ortho intramolecular Hbond substituents is 1. The average molecular weight is 596 g/mol. The number of amides is 2. The van der Waals surface area contributed by atoms with E-state index in [1.165, 1.54) is 12.1 Å². The number of phenols is 1. The Bertz CT molecular complexity index is 1570. The van der Waals surface area contributed by atoms with Crippen LogP contribution in [-0.2, 0) is 9.59 Å². The highest BCUT2D eigenvalue weighted by molar-refractivity contribution is 6.58. The summed E-state index contributed by atoms with van der Waals surface area (Å²) >= 11 is 0. The molecule has 0 radical (unpaired) electrons. The first kappa shape index (κ1) is 31.4. The number of fused-ring (bicyclic) bond motifs is 1. The molecule has 0 aromatic heterocycles. The van der Waals surface area contributed by atoms with Crippen LogP contribution in [0.3, 0.4) is 0 Å². The summed E-state index contributed by atoms with van der Waals surface area (Å²) in [6, 6.07) is 22.8. The van der Waals surface area contributed by atoms with Crippen LogP contribution in [-0.4, -0.2) is 57.0 Å². The molecule has 5 N–H and O–H groups in total. The summed E-state index contributed by atoms with van der Waals surface area (Å²) in [4.78, 5) is 28.6. The van der Waals surface area contributed by atoms with E-state index in [1.54, 1.807) is 24.3 Å². The maximum atomic E-state index is 13.9. The van der Waals surface area contributed by atoms with Crippen molar-refractivity contribution in [2.45, 2.75) is 39.2 Å². The molecule has 0 unspecified atom stereocenters. The van der Waals surface area contributed by atoms with Crippen molar-refractivity contribution in [3.8, 4) is 5.75 Å². The zero-order valence-electron chi connectivity index (χ0n) is 24.9. The van der Waals surface area contributed by atoms with Gasteiger partial charge in [-0.05, 0) is 77.2 Å². The number of nitrogens with zero attached hydrogens (tertiary/aromatic N) is 1. The molecule has 1 aliphatic heterocycles. The Kier molecular flexibility index (Phi) is 9.51. The molecule has 2 aliphatic rings. The van der Waals surface area contributed by atoms with E-state index in [0.717, 1.165) is 27.2 Å². The van der Waals surface area contributed by atoms with Gasteiger partial charge in [-0.2, -0.15) is 0 Å². The van der Waals surface area contributed by atoms with Gasteiger partial charge in [-0.15, -0.1) is 0 Å². The van der Waals surface area contributed by atoms with Gasteiger partial charge in [-0.3, -0.25) is 14.5 Å². The second-order valence-corrected chi connectivity index (χ2v) is 11.9. The second kappa shape index (κ2) is 13.3. The van der Waals surface area contributed by atoms with Crippen LogP contribution in [0.25, 0.3) is 11.6 Å². The molecule has 1 aliphatic carbocycles. The molecule has 5 rings (SSSR count). The summed E-state index contributed by atoms with van der Waals surface area (Å²) in [6.45, 7) is 3.57. The first-order valence-electron chi connectivity index (χ1n) is 15.0. The van der Waals surface area contributed by atoms with Crippen molar-refractivity contribution in [3.63, 3.8) is 0 Å². The number of benzene rings is 3. The lowest BCUT2D eigenvalue weighted by Gasteiger charge is -2.38. The quantitative estimate of drug-likeness (QED) is 0.105. The first-order valence-corrected chi connectivity index (χ1v) is 15.0. The van der Waals surface area contributed by atoms with Crippen molar-refractivity contribution in [1.82, 2.24) is 0 Å². The van der Waals surface area contributed by atoms with Gasteiger partial charge in [0.25, 0.3) is 0 Å². The van der Waals surface area contributed by atoms with Crippen LogP contribution in [0.2, 0.25) is 0 Å². The van der Waals surface area contributed by atoms with Crippen LogP contribution >= 0.6 is 0 Å². The summed E-state index contributed by atoms with van der Waals surface area (Å²) in [5, 5.41) is 51.4. The molecule has 9 heteroatoms. The minimum Gasteiger partial charge on any atom is -0.508 e. The largest absolute Gasteiger partial charge is 0.508 e. The monoisotopic (exact) mass is 595 g/mol. The van der Waals surface area contributed by atoms with Crippen LogP contribution in [0, 0.1) is 23.7 Å². The van der Waals surface area contributed by atoms with Crippen LogP contribution in [0.15, 0.2) is 90.0 Å². The van der Waals surface area contributed by atoms with Gasteiger partial charge in [0.2, 0.25) is 11.8 Å². The number of allylic oxidation sites excluding steroid dienone is 2. The van der Waals surface area contributed by atoms with Crippen molar-refractivity contribution < 1.29 is 35.0 Å². The van der Waals surface area contributed by atoms with Gasteiger partial charge < -0.3 is 25.4 Å². The van der Waals surface area contributed by atoms with Crippen molar-refractivity contribution in [2.75, 3.05) is 11.5 Å². The molecule has 8 nitrogen and oxygen atoms in total. The lowest BCUT2D eigenvalue weighted by atomic mass is 9.66. The molecule has 3 aromatic rings. The molecule has 228 valence electrons. The van der Waals surface area contributed by atoms with Gasteiger partial charge in [-0.1, -0.05) is 80.1 Å². The smallest absolute Gasteiger partial charge is 0.488 e. The standard InChI is InChI=1S/C35H38BNO7/c1-21(2)28-19-29-33(35(42)37(34(29)41)26-10-6-9-25(18-26)36(43)44)30(20-38)32(28)31(40)16-13-24(23-7-4-3-5-8-23)17-22-11-14-27(39)15-12-22/h3-12,14-15,17-18,21,29-31,33,38-40,43-44H,13,16,19-20H2,1-2H3/b24-17-/t29-,30+,31-,33-/m1/s1. The van der Waals surface area contributed by atoms with Gasteiger partial charge in [0, 0.05) is 5.92 Å². The SMILES string of the molecule is CC(C)C1=C([C@H](O)CC/C(=C/c2ccc(O)cc2)c2ccccc2)[C@H](CO)[C@@H]2C(=O)N(c3cccc(B(O)O)c3)C(=O)[C@@H]2C1. The zero-order valence-corrected chi connectivity index (χ0v) is 24.9. The number of aliphatic hydroxyl groups is 2. The molecular weight excluding hydrogens is 557 g/mol. The Morgan fingerprint density at radius 3 is 2.32 bits per heavy atom. The van der Waals surface area contributed by atoms with Crippen molar-refractivity contribution in [3.05, 3.63) is 101 Å². The van der Waals surface area contributed by atoms with Crippen LogP contribution in [0.5, 0.6) is 5.75 Å². The fourth-order valence-corrected chi connectivity index (χ4v) is 6.69. The Balaban J connectivity index is 1.45. The summed E-state index contributed by atoms with van der Waals surface area (Å²) in [7, 11) is -1.75. The van der Waals surface area contributed by atoms with Crippen LogP contribution in [0.1, 0.15) is 44.2 Å². The predicted octanol–water partition coefficient (Wildman–Crippen LogP) is 3.52. The number of hydrogen-bond donors (Lipinski definition) is 5. The molecule has 1 saturated heterocycles. The number of hydrogen-bond acceptors (Lipinski definition) is 7. The Morgan fingerprint density at radius 2 is 1.68 bits per heavy atom. The van der Waals surface area contributed by atoms with Crippen LogP contribution < -0.4 is 10.4 Å². The summed E-state index contributed by atoms with van der Waals surface area (Å²) in [5.74, 6) is -2.98. The van der Waals surface area contributed by atoms with Gasteiger partial charge in [0.15, 0.2) is 0 Å². The van der Waals surface area contributed by atoms with E-state index in [1.807, 2.05) is 62.4 Å². The Morgan fingerprint density at radius 1 is 0.977 bits per heavy atom. The summed E-state index contributed by atoms with van der Waals surface area (Å²) in [6.07, 6.45) is 2.20. The van der Waals surface area contributed by atoms with Crippen LogP contribution in [0.4, 0.5) is 5.69 Å². The topological polar surface area (TPSA) is 139 Å². The Hall–Kier alpha value is -4.02. The normalized spacial score (nSPS) is 21.2. The van der Waals surface area contributed by atoms with Crippen molar-refractivity contribution in [1.29, 1.82) is 0 Å². The molecule has 2 amide bonds. The third-order valence-corrected chi connectivity index (χ3v) is 8.87. The average Bonchev–Trinajstić information content (AvgIpc) is 3.28. The fraction of sp³-hybridized carbons (Fsp3) is 0.314. The van der Waals surface area contributed by atoms with E-state index < -0.39 is 49.4 Å². The van der Waals surface area contributed by atoms with Gasteiger partial charge >= 0.3 is 7.12 Å². The Labute approximate surface area is 257 Å². The number of anilines is 1. The lowest BCUT2D eigenvalue weighted by Crippen LogP contribution is -2.40. The number of carbonyl (C=O) groups excluding carboxylic acids is 2. The lowest BCUT2D eigenvalue weighted by molar-refractivity contribution is -0.123. The maximum absolute atomic E-state index is 13.9. The molecule has 0 saturated carbocycles. The van der Waals surface area contributed by atoms with E-state index in [0.29, 0.717) is 24.8 Å². The minimum absolute atomic E-state index is 0.0272. The first-order chi connectivity index (χ1) is 21.1. The molecule has 0 spiro atoms. The molecule has 1 fully saturated rings. The highest BCUT2D eigenvalue weighted by Crippen LogP contribution is 2.49. The molecule has 44 heavy (non-hydrogen) atoms. The van der Waals surface area contributed by atoms with E-state index in [9.17, 15) is 35.0 Å². The number of imide groups is 1. The maximum Gasteiger partial charge on any atom is 0.488 e. The fourth-order valence-electron chi connectivity index (χ4n) is 6.69. The molecular formula is C35H38BNO7. The van der Waals surface area contributed by atoms with Crippen molar-refractivity contribution in [2.24, 2.45) is 23.7 Å². The van der Waals surface area contributed by atoms with Gasteiger partial charge in [0.05, 0.1) is 30.2 Å². The second-order valence-electron chi connectivity index (χ2n) is 11.9. The van der Waals surface area contributed by atoms with E-state index in [2.05, 4.69) is 0 Å². The molecule has 3 aromatic carbocycles. The molecule has 4 atom stereocenters. The molecule has 0 bridgehead atoms. The van der Waals surface area contributed by atoms with Crippen molar-refractivity contribution >= 4 is 41.7 Å². The van der Waals surface area contributed by atoms with E-state index in [4.69, 9.17) is 0 Å². The van der Waals surface area contributed by atoms with E-state index >= 15 is 0 Å². The third-order valence-electron chi connectivity index (χ3n) is 8.87. The highest BCUT2D eigenvalue weighted by atomic mass is 16.4. The summed E-state index contributed by atoms with van der Waals surface area (Å²) in [5.41, 5.74) is 4.80. The number of aliphatic hydroxyl groups excluding tert-OH is 2.